The Hall–Kier alpha value is -2.02. The molecule has 5 nitrogen and oxygen atoms in total. The summed E-state index contributed by atoms with van der Waals surface area (Å²) in [5, 5.41) is 11.7. The van der Waals surface area contributed by atoms with Crippen molar-refractivity contribution in [1.82, 2.24) is 9.97 Å². The number of nitrogens with zero attached hydrogens (tertiary/aromatic N) is 2. The van der Waals surface area contributed by atoms with Crippen LogP contribution in [-0.2, 0) is 0 Å². The van der Waals surface area contributed by atoms with E-state index in [9.17, 15) is 9.18 Å². The molecule has 19 heavy (non-hydrogen) atoms. The molecule has 0 atom stereocenters. The molecule has 0 saturated carbocycles. The lowest BCUT2D eigenvalue weighted by molar-refractivity contribution is 0.0690. The molecule has 0 aliphatic heterocycles. The molecule has 7 heteroatoms. The fraction of sp³-hybridized carbons (Fsp3) is 0.0833. The first kappa shape index (κ1) is 13.4. The van der Waals surface area contributed by atoms with Gasteiger partial charge in [0.2, 0.25) is 0 Å². The molecule has 1 aromatic carbocycles. The van der Waals surface area contributed by atoms with Gasteiger partial charge in [-0.1, -0.05) is 15.9 Å². The topological polar surface area (TPSA) is 75.1 Å². The summed E-state index contributed by atoms with van der Waals surface area (Å²) in [7, 11) is 1.59. The van der Waals surface area contributed by atoms with Gasteiger partial charge < -0.3 is 10.4 Å². The van der Waals surface area contributed by atoms with Crippen molar-refractivity contribution in [2.24, 2.45) is 0 Å². The Morgan fingerprint density at radius 3 is 2.74 bits per heavy atom. The van der Waals surface area contributed by atoms with Crippen LogP contribution in [-0.4, -0.2) is 28.1 Å². The molecule has 2 N–H and O–H groups in total. The maximum Gasteiger partial charge on any atom is 0.354 e. The molecule has 0 saturated heterocycles. The quantitative estimate of drug-likeness (QED) is 0.907. The van der Waals surface area contributed by atoms with E-state index >= 15 is 0 Å². The number of nitrogens with one attached hydrogen (secondary N) is 1. The number of anilines is 1. The number of carboxylic acids is 1. The molecule has 0 radical (unpaired) electrons. The fourth-order valence-electron chi connectivity index (χ4n) is 1.47. The number of aromatic carboxylic acids is 1. The summed E-state index contributed by atoms with van der Waals surface area (Å²) < 4.78 is 14.4. The van der Waals surface area contributed by atoms with Crippen LogP contribution < -0.4 is 5.32 Å². The monoisotopic (exact) mass is 325 g/mol. The average Bonchev–Trinajstić information content (AvgIpc) is 2.40. The van der Waals surface area contributed by atoms with Gasteiger partial charge in [0.25, 0.3) is 0 Å². The molecule has 2 aromatic rings. The van der Waals surface area contributed by atoms with E-state index in [2.05, 4.69) is 31.2 Å². The molecule has 1 aromatic heterocycles. The van der Waals surface area contributed by atoms with E-state index in [1.165, 1.54) is 18.2 Å². The number of hydrogen-bond acceptors (Lipinski definition) is 4. The highest BCUT2D eigenvalue weighted by Crippen LogP contribution is 2.24. The van der Waals surface area contributed by atoms with E-state index in [0.717, 1.165) is 0 Å². The Kier molecular flexibility index (Phi) is 3.75. The largest absolute Gasteiger partial charge is 0.477 e. The van der Waals surface area contributed by atoms with Crippen molar-refractivity contribution >= 4 is 27.7 Å². The number of carboxylic acid groups (broad SMARTS) is 1. The van der Waals surface area contributed by atoms with Crippen LogP contribution in [0.3, 0.4) is 0 Å². The lowest BCUT2D eigenvalue weighted by atomic mass is 10.2. The fourth-order valence-corrected chi connectivity index (χ4v) is 1.84. The minimum atomic E-state index is -1.20. The highest BCUT2D eigenvalue weighted by Gasteiger charge is 2.14. The molecular formula is C12H9BrFN3O2. The van der Waals surface area contributed by atoms with Crippen LogP contribution in [0.5, 0.6) is 0 Å². The number of aromatic nitrogens is 2. The summed E-state index contributed by atoms with van der Waals surface area (Å²) in [6.07, 6.45) is 0. The molecule has 0 aliphatic carbocycles. The van der Waals surface area contributed by atoms with Crippen LogP contribution >= 0.6 is 15.9 Å². The summed E-state index contributed by atoms with van der Waals surface area (Å²) in [6, 6.07) is 5.57. The number of halogens is 2. The third-order valence-corrected chi connectivity index (χ3v) is 2.86. The van der Waals surface area contributed by atoms with E-state index in [1.54, 1.807) is 13.1 Å². The summed E-state index contributed by atoms with van der Waals surface area (Å²) in [5.74, 6) is -1.40. The van der Waals surface area contributed by atoms with Crippen LogP contribution in [0.2, 0.25) is 0 Å². The first-order valence-electron chi connectivity index (χ1n) is 5.27. The maximum atomic E-state index is 13.8. The first-order chi connectivity index (χ1) is 9.01. The Balaban J connectivity index is 2.64. The minimum Gasteiger partial charge on any atom is -0.477 e. The molecule has 0 aliphatic rings. The van der Waals surface area contributed by atoms with Gasteiger partial charge in [-0.05, 0) is 18.2 Å². The summed E-state index contributed by atoms with van der Waals surface area (Å²) in [6.45, 7) is 0. The van der Waals surface area contributed by atoms with Gasteiger partial charge in [0.15, 0.2) is 11.5 Å². The second-order valence-electron chi connectivity index (χ2n) is 3.64. The second kappa shape index (κ2) is 5.31. The van der Waals surface area contributed by atoms with Gasteiger partial charge in [-0.15, -0.1) is 0 Å². The second-order valence-corrected chi connectivity index (χ2v) is 4.56. The molecule has 1 heterocycles. The Morgan fingerprint density at radius 1 is 1.37 bits per heavy atom. The normalized spacial score (nSPS) is 10.3. The third-order valence-electron chi connectivity index (χ3n) is 2.37. The number of benzene rings is 1. The van der Waals surface area contributed by atoms with Crippen molar-refractivity contribution in [3.63, 3.8) is 0 Å². The van der Waals surface area contributed by atoms with Crippen molar-refractivity contribution in [2.75, 3.05) is 12.4 Å². The van der Waals surface area contributed by atoms with Crippen LogP contribution in [0.25, 0.3) is 11.4 Å². The van der Waals surface area contributed by atoms with Crippen LogP contribution in [0.15, 0.2) is 28.7 Å². The van der Waals surface area contributed by atoms with E-state index in [-0.39, 0.29) is 17.1 Å². The Bertz CT molecular complexity index is 649. The summed E-state index contributed by atoms with van der Waals surface area (Å²) in [5.41, 5.74) is -0.0669. The summed E-state index contributed by atoms with van der Waals surface area (Å²) in [4.78, 5) is 18.9. The molecular weight excluding hydrogens is 317 g/mol. The molecule has 2 rings (SSSR count). The van der Waals surface area contributed by atoms with Gasteiger partial charge >= 0.3 is 5.97 Å². The molecule has 0 amide bonds. The van der Waals surface area contributed by atoms with Gasteiger partial charge in [0.1, 0.15) is 11.6 Å². The average molecular weight is 326 g/mol. The van der Waals surface area contributed by atoms with Crippen molar-refractivity contribution in [3.8, 4) is 11.4 Å². The highest BCUT2D eigenvalue weighted by atomic mass is 79.9. The molecule has 0 spiro atoms. The van der Waals surface area contributed by atoms with Crippen LogP contribution in [0, 0.1) is 5.82 Å². The smallest absolute Gasteiger partial charge is 0.354 e. The van der Waals surface area contributed by atoms with E-state index in [4.69, 9.17) is 5.11 Å². The number of hydrogen-bond donors (Lipinski definition) is 2. The highest BCUT2D eigenvalue weighted by molar-refractivity contribution is 9.10. The van der Waals surface area contributed by atoms with Gasteiger partial charge in [-0.3, -0.25) is 0 Å². The molecule has 0 fully saturated rings. The number of rotatable bonds is 3. The van der Waals surface area contributed by atoms with E-state index < -0.39 is 11.8 Å². The van der Waals surface area contributed by atoms with Crippen LogP contribution in [0.1, 0.15) is 10.5 Å². The molecule has 0 unspecified atom stereocenters. The van der Waals surface area contributed by atoms with E-state index in [0.29, 0.717) is 10.3 Å². The lowest BCUT2D eigenvalue weighted by Crippen LogP contribution is -2.06. The lowest BCUT2D eigenvalue weighted by Gasteiger charge is -2.07. The Morgan fingerprint density at radius 2 is 2.11 bits per heavy atom. The van der Waals surface area contributed by atoms with Crippen LogP contribution in [0.4, 0.5) is 10.2 Å². The van der Waals surface area contributed by atoms with Gasteiger partial charge in [0, 0.05) is 17.6 Å². The maximum absolute atomic E-state index is 13.8. The minimum absolute atomic E-state index is 0.0167. The van der Waals surface area contributed by atoms with Crippen molar-refractivity contribution in [2.45, 2.75) is 0 Å². The third kappa shape index (κ3) is 2.87. The van der Waals surface area contributed by atoms with Gasteiger partial charge in [-0.25, -0.2) is 19.2 Å². The Labute approximate surface area is 116 Å². The SMILES string of the molecule is CNc1cc(C(=O)O)nc(-c2cc(Br)ccc2F)n1. The van der Waals surface area contributed by atoms with Gasteiger partial charge in [-0.2, -0.15) is 0 Å². The van der Waals surface area contributed by atoms with E-state index in [1.807, 2.05) is 0 Å². The van der Waals surface area contributed by atoms with Gasteiger partial charge in [0.05, 0.1) is 5.56 Å². The molecule has 98 valence electrons. The zero-order valence-corrected chi connectivity index (χ0v) is 11.4. The predicted molar refractivity (Wildman–Crippen MR) is 71.6 cm³/mol. The molecule has 0 bridgehead atoms. The zero-order valence-electron chi connectivity index (χ0n) is 9.82. The zero-order chi connectivity index (χ0) is 14.0. The van der Waals surface area contributed by atoms with Crippen molar-refractivity contribution < 1.29 is 14.3 Å². The van der Waals surface area contributed by atoms with Crippen molar-refractivity contribution in [3.05, 3.63) is 40.2 Å². The van der Waals surface area contributed by atoms with Crippen molar-refractivity contribution in [1.29, 1.82) is 0 Å². The standard InChI is InChI=1S/C12H9BrFN3O2/c1-15-10-5-9(12(18)19)16-11(17-10)7-4-6(13)2-3-8(7)14/h2-5H,1H3,(H,18,19)(H,15,16,17). The predicted octanol–water partition coefficient (Wildman–Crippen LogP) is 2.79. The first-order valence-corrected chi connectivity index (χ1v) is 6.06. The number of carbonyl (C=O) groups is 1. The summed E-state index contributed by atoms with van der Waals surface area (Å²) >= 11 is 3.22.